The van der Waals surface area contributed by atoms with Crippen molar-refractivity contribution in [1.29, 1.82) is 0 Å². The van der Waals surface area contributed by atoms with Crippen molar-refractivity contribution in [3.63, 3.8) is 0 Å². The van der Waals surface area contributed by atoms with Gasteiger partial charge in [-0.15, -0.1) is 0 Å². The van der Waals surface area contributed by atoms with Gasteiger partial charge in [0.2, 0.25) is 5.95 Å². The number of benzene rings is 1. The molecule has 17 heavy (non-hydrogen) atoms. The molecular formula is C11H15N5O. The quantitative estimate of drug-likeness (QED) is 0.864. The van der Waals surface area contributed by atoms with Crippen LogP contribution in [0.3, 0.4) is 0 Å². The van der Waals surface area contributed by atoms with Crippen molar-refractivity contribution in [3.05, 3.63) is 24.3 Å². The molecule has 6 heteroatoms. The molecule has 0 saturated heterocycles. The first kappa shape index (κ1) is 11.4. The van der Waals surface area contributed by atoms with Gasteiger partial charge in [0.1, 0.15) is 5.75 Å². The zero-order chi connectivity index (χ0) is 12.3. The van der Waals surface area contributed by atoms with Crippen molar-refractivity contribution in [1.82, 2.24) is 20.2 Å². The van der Waals surface area contributed by atoms with Crippen molar-refractivity contribution in [2.75, 3.05) is 5.73 Å². The van der Waals surface area contributed by atoms with Gasteiger partial charge in [-0.2, -0.15) is 4.68 Å². The zero-order valence-corrected chi connectivity index (χ0v) is 9.87. The largest absolute Gasteiger partial charge is 0.491 e. The van der Waals surface area contributed by atoms with Crippen LogP contribution in [0.25, 0.3) is 5.69 Å². The molecule has 2 rings (SSSR count). The van der Waals surface area contributed by atoms with Crippen LogP contribution >= 0.6 is 0 Å². The summed E-state index contributed by atoms with van der Waals surface area (Å²) < 4.78 is 7.18. The lowest BCUT2D eigenvalue weighted by Gasteiger charge is -2.13. The Morgan fingerprint density at radius 1 is 1.47 bits per heavy atom. The number of nitrogens with zero attached hydrogens (tertiary/aromatic N) is 4. The van der Waals surface area contributed by atoms with Crippen LogP contribution in [-0.2, 0) is 0 Å². The highest BCUT2D eigenvalue weighted by Crippen LogP contribution is 2.18. The predicted octanol–water partition coefficient (Wildman–Crippen LogP) is 1.42. The molecule has 1 aromatic carbocycles. The van der Waals surface area contributed by atoms with Crippen LogP contribution in [0.5, 0.6) is 5.75 Å². The second-order valence-corrected chi connectivity index (χ2v) is 3.78. The molecule has 2 aromatic rings. The Balaban J connectivity index is 2.26. The minimum absolute atomic E-state index is 0.177. The first-order chi connectivity index (χ1) is 8.20. The van der Waals surface area contributed by atoms with Crippen molar-refractivity contribution < 1.29 is 4.74 Å². The molecule has 0 amide bonds. The number of hydrogen-bond donors (Lipinski definition) is 1. The molecule has 0 aliphatic heterocycles. The van der Waals surface area contributed by atoms with Gasteiger partial charge >= 0.3 is 0 Å². The average molecular weight is 233 g/mol. The third-order valence-corrected chi connectivity index (χ3v) is 2.47. The molecule has 90 valence electrons. The third-order valence-electron chi connectivity index (χ3n) is 2.47. The Morgan fingerprint density at radius 3 is 2.94 bits per heavy atom. The summed E-state index contributed by atoms with van der Waals surface area (Å²) in [5, 5.41) is 10.9. The van der Waals surface area contributed by atoms with Gasteiger partial charge in [0.05, 0.1) is 11.8 Å². The second kappa shape index (κ2) is 4.82. The van der Waals surface area contributed by atoms with E-state index >= 15 is 0 Å². The first-order valence-electron chi connectivity index (χ1n) is 5.51. The van der Waals surface area contributed by atoms with Crippen LogP contribution in [-0.4, -0.2) is 26.3 Å². The maximum Gasteiger partial charge on any atom is 0.245 e. The van der Waals surface area contributed by atoms with Crippen molar-refractivity contribution in [2.24, 2.45) is 0 Å². The van der Waals surface area contributed by atoms with Gasteiger partial charge in [-0.3, -0.25) is 0 Å². The van der Waals surface area contributed by atoms with E-state index in [4.69, 9.17) is 10.5 Å². The van der Waals surface area contributed by atoms with E-state index in [1.54, 1.807) is 0 Å². The molecule has 0 fully saturated rings. The summed E-state index contributed by atoms with van der Waals surface area (Å²) in [6.07, 6.45) is 1.13. The van der Waals surface area contributed by atoms with Gasteiger partial charge in [0.15, 0.2) is 0 Å². The van der Waals surface area contributed by atoms with E-state index in [1.165, 1.54) is 4.68 Å². The highest BCUT2D eigenvalue weighted by atomic mass is 16.5. The number of rotatable bonds is 4. The Hall–Kier alpha value is -2.11. The molecule has 2 N–H and O–H groups in total. The van der Waals surface area contributed by atoms with E-state index in [0.717, 1.165) is 17.9 Å². The molecule has 1 unspecified atom stereocenters. The average Bonchev–Trinajstić information content (AvgIpc) is 2.75. The first-order valence-corrected chi connectivity index (χ1v) is 5.51. The van der Waals surface area contributed by atoms with E-state index in [9.17, 15) is 0 Å². The fourth-order valence-electron chi connectivity index (χ4n) is 1.38. The molecule has 6 nitrogen and oxygen atoms in total. The molecule has 0 aliphatic rings. The van der Waals surface area contributed by atoms with Crippen molar-refractivity contribution in [3.8, 4) is 11.4 Å². The van der Waals surface area contributed by atoms with Crippen LogP contribution in [0.1, 0.15) is 20.3 Å². The number of tetrazole rings is 1. The molecular weight excluding hydrogens is 218 g/mol. The summed E-state index contributed by atoms with van der Waals surface area (Å²) in [5.41, 5.74) is 6.42. The lowest BCUT2D eigenvalue weighted by atomic mass is 10.3. The minimum Gasteiger partial charge on any atom is -0.491 e. The number of ether oxygens (including phenoxy) is 1. The molecule has 0 radical (unpaired) electrons. The molecule has 0 aliphatic carbocycles. The lowest BCUT2D eigenvalue weighted by molar-refractivity contribution is 0.217. The van der Waals surface area contributed by atoms with Crippen molar-refractivity contribution >= 4 is 5.95 Å². The molecule has 1 heterocycles. The van der Waals surface area contributed by atoms with Gasteiger partial charge in [-0.1, -0.05) is 18.1 Å². The Morgan fingerprint density at radius 2 is 2.29 bits per heavy atom. The van der Waals surface area contributed by atoms with E-state index in [2.05, 4.69) is 22.4 Å². The van der Waals surface area contributed by atoms with Crippen LogP contribution in [0.2, 0.25) is 0 Å². The maximum atomic E-state index is 5.72. The summed E-state index contributed by atoms with van der Waals surface area (Å²) in [4.78, 5) is 0. The number of hydrogen-bond acceptors (Lipinski definition) is 5. The van der Waals surface area contributed by atoms with E-state index < -0.39 is 0 Å². The lowest BCUT2D eigenvalue weighted by Crippen LogP contribution is -2.10. The van der Waals surface area contributed by atoms with Crippen LogP contribution in [0.15, 0.2) is 24.3 Å². The SMILES string of the molecule is CCC(C)Oc1cccc(-n2nnnc2N)c1. The fraction of sp³-hybridized carbons (Fsp3) is 0.364. The molecule has 1 atom stereocenters. The minimum atomic E-state index is 0.177. The number of nitrogen functional groups attached to an aromatic ring is 1. The third kappa shape index (κ3) is 2.52. The molecule has 1 aromatic heterocycles. The van der Waals surface area contributed by atoms with Crippen LogP contribution < -0.4 is 10.5 Å². The summed E-state index contributed by atoms with van der Waals surface area (Å²) in [5.74, 6) is 1.04. The van der Waals surface area contributed by atoms with Gasteiger partial charge in [-0.05, 0) is 35.9 Å². The highest BCUT2D eigenvalue weighted by Gasteiger charge is 2.06. The second-order valence-electron chi connectivity index (χ2n) is 3.78. The summed E-state index contributed by atoms with van der Waals surface area (Å²) in [6, 6.07) is 7.51. The van der Waals surface area contributed by atoms with Gasteiger partial charge in [-0.25, -0.2) is 0 Å². The summed E-state index contributed by atoms with van der Waals surface area (Å²) in [7, 11) is 0. The topological polar surface area (TPSA) is 78.8 Å². The Bertz CT molecular complexity index is 496. The van der Waals surface area contributed by atoms with Crippen LogP contribution in [0.4, 0.5) is 5.95 Å². The fourth-order valence-corrected chi connectivity index (χ4v) is 1.38. The molecule has 0 saturated carbocycles. The summed E-state index contributed by atoms with van der Waals surface area (Å²) in [6.45, 7) is 4.10. The van der Waals surface area contributed by atoms with Gasteiger partial charge in [0, 0.05) is 6.07 Å². The van der Waals surface area contributed by atoms with Gasteiger partial charge in [0.25, 0.3) is 0 Å². The van der Waals surface area contributed by atoms with E-state index in [-0.39, 0.29) is 12.1 Å². The summed E-state index contributed by atoms with van der Waals surface area (Å²) >= 11 is 0. The van der Waals surface area contributed by atoms with E-state index in [1.807, 2.05) is 31.2 Å². The van der Waals surface area contributed by atoms with Gasteiger partial charge < -0.3 is 10.5 Å². The highest BCUT2D eigenvalue weighted by molar-refractivity contribution is 5.41. The Kier molecular flexibility index (Phi) is 3.22. The smallest absolute Gasteiger partial charge is 0.245 e. The normalized spacial score (nSPS) is 12.4. The van der Waals surface area contributed by atoms with Crippen molar-refractivity contribution in [2.45, 2.75) is 26.4 Å². The monoisotopic (exact) mass is 233 g/mol. The maximum absolute atomic E-state index is 5.72. The molecule has 0 spiro atoms. The molecule has 0 bridgehead atoms. The Labute approximate surface area is 99.4 Å². The standard InChI is InChI=1S/C11H15N5O/c1-3-8(2)17-10-6-4-5-9(7-10)16-11(12)13-14-15-16/h4-8H,3H2,1-2H3,(H2,12,13,15). The van der Waals surface area contributed by atoms with E-state index in [0.29, 0.717) is 0 Å². The van der Waals surface area contributed by atoms with Crippen LogP contribution in [0, 0.1) is 0 Å². The number of anilines is 1. The predicted molar refractivity (Wildman–Crippen MR) is 63.9 cm³/mol. The number of aromatic nitrogens is 4. The number of nitrogens with two attached hydrogens (primary N) is 1. The zero-order valence-electron chi connectivity index (χ0n) is 9.87.